The van der Waals surface area contributed by atoms with Gasteiger partial charge in [-0.2, -0.15) is 0 Å². The Hall–Kier alpha value is -0.530. The third-order valence-electron chi connectivity index (χ3n) is 2.20. The normalized spacial score (nSPS) is 13.2. The zero-order valence-corrected chi connectivity index (χ0v) is 9.81. The van der Waals surface area contributed by atoms with Crippen molar-refractivity contribution in [3.63, 3.8) is 0 Å². The lowest BCUT2D eigenvalue weighted by Gasteiger charge is -2.16. The van der Waals surface area contributed by atoms with Crippen LogP contribution in [-0.2, 0) is 0 Å². The molecule has 1 rings (SSSR count). The molecule has 0 aliphatic rings. The number of benzene rings is 1. The molecule has 78 valence electrons. The van der Waals surface area contributed by atoms with Crippen molar-refractivity contribution in [1.29, 1.82) is 0 Å². The molecule has 0 aliphatic heterocycles. The highest BCUT2D eigenvalue weighted by Gasteiger charge is 2.08. The van der Waals surface area contributed by atoms with Gasteiger partial charge in [0, 0.05) is 11.1 Å². The standard InChI is InChI=1S/C12H18ClN/c1-9(2)8-14-10(3)11-6-4-5-7-12(11)13/h4-7,9-10,14H,8H2,1-3H3. The lowest BCUT2D eigenvalue weighted by atomic mass is 10.1. The Kier molecular flexibility index (Phi) is 4.43. The third-order valence-corrected chi connectivity index (χ3v) is 2.55. The van der Waals surface area contributed by atoms with Gasteiger partial charge in [-0.1, -0.05) is 43.6 Å². The smallest absolute Gasteiger partial charge is 0.0453 e. The summed E-state index contributed by atoms with van der Waals surface area (Å²) in [6.45, 7) is 7.56. The summed E-state index contributed by atoms with van der Waals surface area (Å²) in [5.41, 5.74) is 1.18. The van der Waals surface area contributed by atoms with E-state index in [2.05, 4.69) is 32.2 Å². The fraction of sp³-hybridized carbons (Fsp3) is 0.500. The fourth-order valence-corrected chi connectivity index (χ4v) is 1.65. The number of hydrogen-bond donors (Lipinski definition) is 1. The Bertz CT molecular complexity index is 283. The second kappa shape index (κ2) is 5.38. The molecule has 0 saturated heterocycles. The second-order valence-corrected chi connectivity index (χ2v) is 4.45. The van der Waals surface area contributed by atoms with E-state index in [0.29, 0.717) is 12.0 Å². The Morgan fingerprint density at radius 1 is 1.21 bits per heavy atom. The highest BCUT2D eigenvalue weighted by Crippen LogP contribution is 2.21. The van der Waals surface area contributed by atoms with Gasteiger partial charge in [0.05, 0.1) is 0 Å². The lowest BCUT2D eigenvalue weighted by Crippen LogP contribution is -2.23. The van der Waals surface area contributed by atoms with E-state index in [4.69, 9.17) is 11.6 Å². The number of halogens is 1. The summed E-state index contributed by atoms with van der Waals surface area (Å²) >= 11 is 6.09. The maximum atomic E-state index is 6.09. The Labute approximate surface area is 91.5 Å². The van der Waals surface area contributed by atoms with Gasteiger partial charge >= 0.3 is 0 Å². The maximum Gasteiger partial charge on any atom is 0.0453 e. The second-order valence-electron chi connectivity index (χ2n) is 4.05. The predicted octanol–water partition coefficient (Wildman–Crippen LogP) is 3.65. The van der Waals surface area contributed by atoms with Gasteiger partial charge in [-0.3, -0.25) is 0 Å². The Morgan fingerprint density at radius 3 is 2.43 bits per heavy atom. The van der Waals surface area contributed by atoms with Crippen LogP contribution in [0.1, 0.15) is 32.4 Å². The molecule has 1 aromatic carbocycles. The van der Waals surface area contributed by atoms with E-state index < -0.39 is 0 Å². The third kappa shape index (κ3) is 3.32. The number of rotatable bonds is 4. The molecular formula is C12H18ClN. The Morgan fingerprint density at radius 2 is 1.86 bits per heavy atom. The van der Waals surface area contributed by atoms with Crippen molar-refractivity contribution in [2.75, 3.05) is 6.54 Å². The fourth-order valence-electron chi connectivity index (χ4n) is 1.35. The minimum absolute atomic E-state index is 0.325. The molecule has 1 unspecified atom stereocenters. The van der Waals surface area contributed by atoms with E-state index in [0.717, 1.165) is 11.6 Å². The van der Waals surface area contributed by atoms with Gasteiger partial charge in [0.15, 0.2) is 0 Å². The van der Waals surface area contributed by atoms with Gasteiger partial charge < -0.3 is 5.32 Å². The van der Waals surface area contributed by atoms with Crippen LogP contribution in [0.4, 0.5) is 0 Å². The molecule has 14 heavy (non-hydrogen) atoms. The molecule has 0 heterocycles. The Balaban J connectivity index is 2.60. The van der Waals surface area contributed by atoms with Gasteiger partial charge in [0.25, 0.3) is 0 Å². The van der Waals surface area contributed by atoms with Crippen molar-refractivity contribution >= 4 is 11.6 Å². The summed E-state index contributed by atoms with van der Waals surface area (Å²) in [7, 11) is 0. The van der Waals surface area contributed by atoms with E-state index in [1.54, 1.807) is 0 Å². The van der Waals surface area contributed by atoms with Crippen LogP contribution in [0.3, 0.4) is 0 Å². The molecule has 1 nitrogen and oxygen atoms in total. The summed E-state index contributed by atoms with van der Waals surface area (Å²) < 4.78 is 0. The summed E-state index contributed by atoms with van der Waals surface area (Å²) in [5.74, 6) is 0.667. The van der Waals surface area contributed by atoms with E-state index in [1.807, 2.05) is 18.2 Å². The maximum absolute atomic E-state index is 6.09. The molecule has 0 spiro atoms. The average molecular weight is 212 g/mol. The SMILES string of the molecule is CC(C)CNC(C)c1ccccc1Cl. The molecule has 0 fully saturated rings. The van der Waals surface area contributed by atoms with Crippen molar-refractivity contribution in [3.05, 3.63) is 34.9 Å². The molecule has 0 radical (unpaired) electrons. The van der Waals surface area contributed by atoms with Gasteiger partial charge in [-0.25, -0.2) is 0 Å². The van der Waals surface area contributed by atoms with Crippen LogP contribution >= 0.6 is 11.6 Å². The van der Waals surface area contributed by atoms with Gasteiger partial charge in [0.1, 0.15) is 0 Å². The highest BCUT2D eigenvalue weighted by molar-refractivity contribution is 6.31. The zero-order chi connectivity index (χ0) is 10.6. The van der Waals surface area contributed by atoms with Crippen molar-refractivity contribution < 1.29 is 0 Å². The summed E-state index contributed by atoms with van der Waals surface area (Å²) in [6.07, 6.45) is 0. The van der Waals surface area contributed by atoms with Crippen molar-refractivity contribution in [2.45, 2.75) is 26.8 Å². The number of hydrogen-bond acceptors (Lipinski definition) is 1. The van der Waals surface area contributed by atoms with Gasteiger partial charge in [0.2, 0.25) is 0 Å². The average Bonchev–Trinajstić information content (AvgIpc) is 2.15. The first-order valence-electron chi connectivity index (χ1n) is 5.09. The van der Waals surface area contributed by atoms with E-state index >= 15 is 0 Å². The van der Waals surface area contributed by atoms with E-state index in [1.165, 1.54) is 5.56 Å². The van der Waals surface area contributed by atoms with Gasteiger partial charge in [-0.15, -0.1) is 0 Å². The molecule has 0 aliphatic carbocycles. The van der Waals surface area contributed by atoms with Crippen LogP contribution in [0.25, 0.3) is 0 Å². The molecule has 1 atom stereocenters. The van der Waals surface area contributed by atoms with E-state index in [9.17, 15) is 0 Å². The predicted molar refractivity (Wildman–Crippen MR) is 62.7 cm³/mol. The van der Waals surface area contributed by atoms with E-state index in [-0.39, 0.29) is 0 Å². The minimum Gasteiger partial charge on any atom is -0.310 e. The molecule has 0 amide bonds. The van der Waals surface area contributed by atoms with Gasteiger partial charge in [-0.05, 0) is 31.0 Å². The van der Waals surface area contributed by atoms with Crippen molar-refractivity contribution in [1.82, 2.24) is 5.32 Å². The minimum atomic E-state index is 0.325. The van der Waals surface area contributed by atoms with Crippen LogP contribution in [0.2, 0.25) is 5.02 Å². The first kappa shape index (κ1) is 11.5. The van der Waals surface area contributed by atoms with Crippen molar-refractivity contribution in [2.24, 2.45) is 5.92 Å². The summed E-state index contributed by atoms with van der Waals surface area (Å²) in [5, 5.41) is 4.30. The number of nitrogens with one attached hydrogen (secondary N) is 1. The zero-order valence-electron chi connectivity index (χ0n) is 9.05. The van der Waals surface area contributed by atoms with Crippen LogP contribution in [-0.4, -0.2) is 6.54 Å². The summed E-state index contributed by atoms with van der Waals surface area (Å²) in [4.78, 5) is 0. The highest BCUT2D eigenvalue weighted by atomic mass is 35.5. The monoisotopic (exact) mass is 211 g/mol. The molecule has 2 heteroatoms. The molecule has 1 N–H and O–H groups in total. The first-order valence-corrected chi connectivity index (χ1v) is 5.47. The summed E-state index contributed by atoms with van der Waals surface area (Å²) in [6, 6.07) is 8.31. The van der Waals surface area contributed by atoms with Crippen LogP contribution in [0, 0.1) is 5.92 Å². The molecule has 1 aromatic rings. The molecule has 0 bridgehead atoms. The quantitative estimate of drug-likeness (QED) is 0.802. The van der Waals surface area contributed by atoms with Crippen LogP contribution < -0.4 is 5.32 Å². The van der Waals surface area contributed by atoms with Crippen molar-refractivity contribution in [3.8, 4) is 0 Å². The lowest BCUT2D eigenvalue weighted by molar-refractivity contribution is 0.496. The molecular weight excluding hydrogens is 194 g/mol. The van der Waals surface area contributed by atoms with Crippen LogP contribution in [0.15, 0.2) is 24.3 Å². The topological polar surface area (TPSA) is 12.0 Å². The molecule has 0 saturated carbocycles. The largest absolute Gasteiger partial charge is 0.310 e. The molecule has 0 aromatic heterocycles. The first-order chi connectivity index (χ1) is 6.61. The van der Waals surface area contributed by atoms with Crippen LogP contribution in [0.5, 0.6) is 0 Å².